The van der Waals surface area contributed by atoms with E-state index in [0.29, 0.717) is 55.2 Å². The fraction of sp³-hybridized carbons (Fsp3) is 0.324. The van der Waals surface area contributed by atoms with E-state index in [0.717, 1.165) is 46.6 Å². The van der Waals surface area contributed by atoms with Gasteiger partial charge >= 0.3 is 0 Å². The van der Waals surface area contributed by atoms with Gasteiger partial charge < -0.3 is 19.4 Å². The van der Waals surface area contributed by atoms with Crippen LogP contribution in [0, 0.1) is 11.6 Å². The molecule has 0 radical (unpaired) electrons. The molecule has 11 nitrogen and oxygen atoms in total. The summed E-state index contributed by atoms with van der Waals surface area (Å²) in [5, 5.41) is 10.9. The number of benzene rings is 3. The number of aromatic nitrogens is 6. The molecule has 2 aliphatic heterocycles. The molecule has 0 aliphatic carbocycles. The van der Waals surface area contributed by atoms with Gasteiger partial charge in [0.15, 0.2) is 11.5 Å². The summed E-state index contributed by atoms with van der Waals surface area (Å²) in [7, 11) is 5.98. The van der Waals surface area contributed by atoms with E-state index in [1.54, 1.807) is 6.20 Å². The maximum Gasteiger partial charge on any atom is 0.245 e. The lowest BCUT2D eigenvalue weighted by molar-refractivity contribution is -0.132. The van der Waals surface area contributed by atoms with E-state index in [9.17, 15) is 13.6 Å². The molecule has 1 saturated heterocycles. The lowest BCUT2D eigenvalue weighted by Crippen LogP contribution is -2.48. The molecule has 8 rings (SSSR count). The first-order chi connectivity index (χ1) is 24.2. The largest absolute Gasteiger partial charge is 0.488 e. The fourth-order valence-corrected chi connectivity index (χ4v) is 7.31. The van der Waals surface area contributed by atoms with E-state index in [1.807, 2.05) is 59.9 Å². The van der Waals surface area contributed by atoms with Gasteiger partial charge in [-0.2, -0.15) is 10.2 Å². The molecular weight excluding hydrogens is 640 g/mol. The summed E-state index contributed by atoms with van der Waals surface area (Å²) in [4.78, 5) is 29.8. The Bertz CT molecular complexity index is 2230. The highest BCUT2D eigenvalue weighted by Crippen LogP contribution is 2.36. The third-order valence-electron chi connectivity index (χ3n) is 9.70. The van der Waals surface area contributed by atoms with E-state index in [2.05, 4.69) is 38.2 Å². The lowest BCUT2D eigenvalue weighted by atomic mass is 9.98. The van der Waals surface area contributed by atoms with Crippen molar-refractivity contribution < 1.29 is 18.3 Å². The van der Waals surface area contributed by atoms with Gasteiger partial charge in [-0.05, 0) is 68.4 Å². The van der Waals surface area contributed by atoms with Crippen LogP contribution in [0.1, 0.15) is 18.5 Å². The second kappa shape index (κ2) is 12.8. The smallest absolute Gasteiger partial charge is 0.245 e. The number of hydrogen-bond donors (Lipinski definition) is 0. The number of hydrogen-bond acceptors (Lipinski definition) is 8. The zero-order valence-electron chi connectivity index (χ0n) is 28.1. The highest BCUT2D eigenvalue weighted by atomic mass is 19.1. The van der Waals surface area contributed by atoms with Gasteiger partial charge in [-0.25, -0.2) is 23.4 Å². The summed E-state index contributed by atoms with van der Waals surface area (Å²) in [6, 6.07) is 17.0. The maximum absolute atomic E-state index is 14.9. The standard InChI is InChI=1S/C37H37F2N9O2/c1-44(2)15-16-46-14-6-11-32-34-27(9-5-10-30(34)43-45(32)3)23-7-4-8-25(17-23)50-26-19-33(37(46)49)47(21-26)35-28-20-42-48(36(28)41-22-40-35)31-13-12-24(38)18-29(31)39/h4-5,7-10,12-13,17-18,20,22,26,33H,6,11,14-16,19,21H2,1-3H3/t26-,33-/m0/s1. The molecule has 256 valence electrons. The second-order valence-electron chi connectivity index (χ2n) is 13.3. The van der Waals surface area contributed by atoms with Crippen LogP contribution in [0.25, 0.3) is 38.8 Å². The maximum atomic E-state index is 14.9. The molecule has 6 aromatic rings. The Morgan fingerprint density at radius 2 is 1.90 bits per heavy atom. The molecule has 0 saturated carbocycles. The zero-order chi connectivity index (χ0) is 34.5. The number of carbonyl (C=O) groups is 1. The molecule has 3 aromatic carbocycles. The van der Waals surface area contributed by atoms with Crippen molar-refractivity contribution in [3.63, 3.8) is 0 Å². The number of amides is 1. The van der Waals surface area contributed by atoms with Crippen LogP contribution in [0.3, 0.4) is 0 Å². The monoisotopic (exact) mass is 677 g/mol. The van der Waals surface area contributed by atoms with Crippen LogP contribution in [0.5, 0.6) is 5.75 Å². The molecule has 5 heterocycles. The molecule has 13 heteroatoms. The van der Waals surface area contributed by atoms with Crippen LogP contribution >= 0.6 is 0 Å². The Hall–Kier alpha value is -5.43. The number of halogens is 2. The third-order valence-corrected chi connectivity index (χ3v) is 9.70. The van der Waals surface area contributed by atoms with E-state index >= 15 is 0 Å². The van der Waals surface area contributed by atoms with Crippen molar-refractivity contribution in [1.29, 1.82) is 0 Å². The normalized spacial score (nSPS) is 18.2. The Kier molecular flexibility index (Phi) is 8.14. The Labute approximate surface area is 287 Å². The van der Waals surface area contributed by atoms with Gasteiger partial charge in [0, 0.05) is 50.2 Å². The van der Waals surface area contributed by atoms with Crippen LogP contribution < -0.4 is 9.64 Å². The van der Waals surface area contributed by atoms with Gasteiger partial charge in [0.25, 0.3) is 0 Å². The molecule has 1 fully saturated rings. The lowest BCUT2D eigenvalue weighted by Gasteiger charge is -2.31. The van der Waals surface area contributed by atoms with Crippen molar-refractivity contribution in [2.75, 3.05) is 45.2 Å². The average Bonchev–Trinajstić information content (AvgIpc) is 3.80. The summed E-state index contributed by atoms with van der Waals surface area (Å²) in [5.74, 6) is -0.257. The quantitative estimate of drug-likeness (QED) is 0.251. The van der Waals surface area contributed by atoms with Crippen LogP contribution in [0.2, 0.25) is 0 Å². The predicted molar refractivity (Wildman–Crippen MR) is 186 cm³/mol. The van der Waals surface area contributed by atoms with Crippen molar-refractivity contribution in [2.24, 2.45) is 7.05 Å². The predicted octanol–water partition coefficient (Wildman–Crippen LogP) is 5.01. The zero-order valence-corrected chi connectivity index (χ0v) is 28.1. The van der Waals surface area contributed by atoms with Crippen LogP contribution in [-0.4, -0.2) is 97.7 Å². The average molecular weight is 678 g/mol. The summed E-state index contributed by atoms with van der Waals surface area (Å²) in [6.45, 7) is 2.20. The first-order valence-electron chi connectivity index (χ1n) is 16.8. The fourth-order valence-electron chi connectivity index (χ4n) is 7.31. The van der Waals surface area contributed by atoms with Crippen molar-refractivity contribution in [1.82, 2.24) is 39.3 Å². The number of ether oxygens (including phenoxy) is 1. The molecule has 2 aliphatic rings. The molecule has 0 N–H and O–H groups in total. The minimum absolute atomic E-state index is 0.0131. The number of likely N-dealkylation sites (N-methyl/N-ethyl adjacent to an activating group) is 1. The van der Waals surface area contributed by atoms with Crippen LogP contribution in [0.15, 0.2) is 73.2 Å². The van der Waals surface area contributed by atoms with Gasteiger partial charge in [-0.3, -0.25) is 9.48 Å². The molecule has 0 unspecified atom stereocenters. The highest BCUT2D eigenvalue weighted by Gasteiger charge is 2.42. The molecule has 3 aromatic heterocycles. The summed E-state index contributed by atoms with van der Waals surface area (Å²) in [6.07, 6.45) is 4.55. The number of fused-ring (bicyclic) bond motifs is 6. The number of anilines is 1. The van der Waals surface area contributed by atoms with Gasteiger partial charge in [-0.15, -0.1) is 0 Å². The van der Waals surface area contributed by atoms with Gasteiger partial charge in [0.05, 0.1) is 23.6 Å². The van der Waals surface area contributed by atoms with Crippen molar-refractivity contribution in [3.8, 4) is 22.6 Å². The van der Waals surface area contributed by atoms with E-state index < -0.39 is 17.7 Å². The summed E-state index contributed by atoms with van der Waals surface area (Å²) >= 11 is 0. The van der Waals surface area contributed by atoms with Crippen LogP contribution in [0.4, 0.5) is 14.6 Å². The number of carbonyl (C=O) groups excluding carboxylic acids is 1. The SMILES string of the molecule is CN(C)CCN1CCCc2c3c(cccc3nn2C)-c2cccc(c2)O[C@H]2C[C@@H](C1=O)N(c1ncnc3c1cnn3-c1ccc(F)cc1F)C2. The Morgan fingerprint density at radius 3 is 2.74 bits per heavy atom. The first-order valence-corrected chi connectivity index (χ1v) is 16.8. The molecule has 2 atom stereocenters. The van der Waals surface area contributed by atoms with Crippen molar-refractivity contribution >= 4 is 33.7 Å². The minimum Gasteiger partial charge on any atom is -0.488 e. The van der Waals surface area contributed by atoms with Gasteiger partial charge in [0.1, 0.15) is 41.5 Å². The summed E-state index contributed by atoms with van der Waals surface area (Å²) < 4.78 is 38.6. The van der Waals surface area contributed by atoms with E-state index in [-0.39, 0.29) is 17.7 Å². The topological polar surface area (TPSA) is 97.4 Å². The molecular formula is C37H37F2N9O2. The number of aryl methyl sites for hydroxylation is 2. The van der Waals surface area contributed by atoms with Crippen molar-refractivity contribution in [3.05, 3.63) is 90.5 Å². The number of rotatable bonds is 5. The Balaban J connectivity index is 1.21. The van der Waals surface area contributed by atoms with E-state index in [4.69, 9.17) is 9.84 Å². The highest BCUT2D eigenvalue weighted by molar-refractivity contribution is 5.97. The first kappa shape index (κ1) is 31.8. The molecule has 50 heavy (non-hydrogen) atoms. The number of nitrogens with zero attached hydrogens (tertiary/aromatic N) is 9. The van der Waals surface area contributed by atoms with E-state index in [1.165, 1.54) is 23.1 Å². The van der Waals surface area contributed by atoms with Gasteiger partial charge in [0.2, 0.25) is 5.91 Å². The molecule has 0 spiro atoms. The second-order valence-corrected chi connectivity index (χ2v) is 13.3. The molecule has 1 amide bonds. The van der Waals surface area contributed by atoms with Crippen LogP contribution in [-0.2, 0) is 18.3 Å². The van der Waals surface area contributed by atoms with Crippen molar-refractivity contribution in [2.45, 2.75) is 31.4 Å². The third kappa shape index (κ3) is 5.70. The van der Waals surface area contributed by atoms with Gasteiger partial charge in [-0.1, -0.05) is 24.3 Å². The summed E-state index contributed by atoms with van der Waals surface area (Å²) in [5.41, 5.74) is 4.59. The minimum atomic E-state index is -0.765. The molecule has 4 bridgehead atoms. The Morgan fingerprint density at radius 1 is 1.04 bits per heavy atom.